The van der Waals surface area contributed by atoms with E-state index in [9.17, 15) is 0 Å². The van der Waals surface area contributed by atoms with Crippen LogP contribution in [0.5, 0.6) is 23.0 Å². The summed E-state index contributed by atoms with van der Waals surface area (Å²) in [6, 6.07) is 18.6. The van der Waals surface area contributed by atoms with Gasteiger partial charge in [0.15, 0.2) is 23.0 Å². The van der Waals surface area contributed by atoms with Gasteiger partial charge in [0, 0.05) is 23.4 Å². The normalized spacial score (nSPS) is 13.8. The van der Waals surface area contributed by atoms with Crippen molar-refractivity contribution in [2.45, 2.75) is 19.3 Å². The van der Waals surface area contributed by atoms with Crippen LogP contribution in [0.15, 0.2) is 54.6 Å². The number of hydrogen-bond acceptors (Lipinski definition) is 6. The second-order valence-electron chi connectivity index (χ2n) is 8.65. The fraction of sp³-hybridized carbons (Fsp3) is 0.276. The molecule has 1 aliphatic carbocycles. The van der Waals surface area contributed by atoms with Gasteiger partial charge in [-0.2, -0.15) is 0 Å². The molecule has 5 rings (SSSR count). The minimum absolute atomic E-state index is 0.207. The molecule has 180 valence electrons. The first kappa shape index (κ1) is 22.8. The average Bonchev–Trinajstić information content (AvgIpc) is 3.18. The summed E-state index contributed by atoms with van der Waals surface area (Å²) in [7, 11) is 6.64. The molecule has 0 saturated heterocycles. The third-order valence-corrected chi connectivity index (χ3v) is 6.82. The van der Waals surface area contributed by atoms with Gasteiger partial charge in [0.2, 0.25) is 0 Å². The second kappa shape index (κ2) is 9.37. The molecule has 0 aliphatic heterocycles. The van der Waals surface area contributed by atoms with Gasteiger partial charge < -0.3 is 24.3 Å². The van der Waals surface area contributed by atoms with Gasteiger partial charge in [-0.3, -0.25) is 0 Å². The first-order chi connectivity index (χ1) is 17.1. The van der Waals surface area contributed by atoms with Gasteiger partial charge in [-0.05, 0) is 52.8 Å². The molecule has 1 heterocycles. The van der Waals surface area contributed by atoms with E-state index in [-0.39, 0.29) is 5.92 Å². The van der Waals surface area contributed by atoms with Crippen molar-refractivity contribution in [3.05, 3.63) is 71.3 Å². The number of benzene rings is 3. The van der Waals surface area contributed by atoms with Crippen molar-refractivity contribution in [3.63, 3.8) is 0 Å². The van der Waals surface area contributed by atoms with Crippen molar-refractivity contribution in [1.82, 2.24) is 4.98 Å². The molecule has 1 aromatic heterocycles. The predicted octanol–water partition coefficient (Wildman–Crippen LogP) is 6.06. The van der Waals surface area contributed by atoms with Gasteiger partial charge in [0.05, 0.1) is 34.1 Å². The first-order valence-corrected chi connectivity index (χ1v) is 11.7. The Morgan fingerprint density at radius 2 is 1.43 bits per heavy atom. The number of nitrogens with zero attached hydrogens (tertiary/aromatic N) is 1. The van der Waals surface area contributed by atoms with Crippen LogP contribution in [-0.2, 0) is 6.42 Å². The monoisotopic (exact) mass is 470 g/mol. The molecule has 4 aromatic rings. The largest absolute Gasteiger partial charge is 0.493 e. The SMILES string of the molecule is COc1ccc(CCNc2nc3c(c4ccccc24)C(C)c2cc(OC)c(OC)cc2-3)cc1OC. The molecule has 3 aromatic carbocycles. The number of aromatic nitrogens is 1. The molecule has 35 heavy (non-hydrogen) atoms. The quantitative estimate of drug-likeness (QED) is 0.338. The molecule has 0 bridgehead atoms. The van der Waals surface area contributed by atoms with E-state index in [1.807, 2.05) is 18.2 Å². The average molecular weight is 471 g/mol. The molecule has 0 saturated carbocycles. The molecular formula is C29H30N2O4. The third-order valence-electron chi connectivity index (χ3n) is 6.82. The third kappa shape index (κ3) is 3.89. The molecule has 1 unspecified atom stereocenters. The predicted molar refractivity (Wildman–Crippen MR) is 140 cm³/mol. The fourth-order valence-electron chi connectivity index (χ4n) is 5.04. The Morgan fingerprint density at radius 1 is 0.771 bits per heavy atom. The summed E-state index contributed by atoms with van der Waals surface area (Å²) >= 11 is 0. The van der Waals surface area contributed by atoms with Gasteiger partial charge in [-0.1, -0.05) is 37.3 Å². The van der Waals surface area contributed by atoms with Crippen molar-refractivity contribution < 1.29 is 18.9 Å². The van der Waals surface area contributed by atoms with Crippen LogP contribution in [0.2, 0.25) is 0 Å². The summed E-state index contributed by atoms with van der Waals surface area (Å²) in [6.45, 7) is 2.97. The lowest BCUT2D eigenvalue weighted by molar-refractivity contribution is 0.354. The Hall–Kier alpha value is -3.93. The fourth-order valence-corrected chi connectivity index (χ4v) is 5.04. The number of hydrogen-bond donors (Lipinski definition) is 1. The molecule has 1 atom stereocenters. The van der Waals surface area contributed by atoms with E-state index in [2.05, 4.69) is 48.6 Å². The molecule has 1 N–H and O–H groups in total. The number of nitrogens with one attached hydrogen (secondary N) is 1. The van der Waals surface area contributed by atoms with Crippen LogP contribution in [0, 0.1) is 0 Å². The highest BCUT2D eigenvalue weighted by Gasteiger charge is 2.31. The van der Waals surface area contributed by atoms with E-state index in [1.165, 1.54) is 16.5 Å². The molecule has 0 radical (unpaired) electrons. The van der Waals surface area contributed by atoms with Gasteiger partial charge in [0.1, 0.15) is 5.82 Å². The Balaban J connectivity index is 1.51. The highest BCUT2D eigenvalue weighted by atomic mass is 16.5. The lowest BCUT2D eigenvalue weighted by Gasteiger charge is -2.15. The Labute approximate surface area is 205 Å². The van der Waals surface area contributed by atoms with E-state index in [4.69, 9.17) is 23.9 Å². The zero-order chi connectivity index (χ0) is 24.5. The van der Waals surface area contributed by atoms with E-state index in [1.54, 1.807) is 28.4 Å². The van der Waals surface area contributed by atoms with Gasteiger partial charge in [-0.25, -0.2) is 4.98 Å². The molecule has 0 fully saturated rings. The van der Waals surface area contributed by atoms with E-state index in [0.717, 1.165) is 58.2 Å². The van der Waals surface area contributed by atoms with Crippen LogP contribution in [0.25, 0.3) is 22.0 Å². The smallest absolute Gasteiger partial charge is 0.161 e. The molecule has 0 amide bonds. The van der Waals surface area contributed by atoms with E-state index in [0.29, 0.717) is 5.75 Å². The minimum Gasteiger partial charge on any atom is -0.493 e. The number of ether oxygens (including phenoxy) is 4. The maximum atomic E-state index is 5.59. The summed E-state index contributed by atoms with van der Waals surface area (Å²) in [6.07, 6.45) is 0.825. The molecule has 6 nitrogen and oxygen atoms in total. The Bertz CT molecular complexity index is 1400. The molecule has 1 aliphatic rings. The number of fused-ring (bicyclic) bond motifs is 5. The van der Waals surface area contributed by atoms with Crippen LogP contribution in [-0.4, -0.2) is 40.0 Å². The van der Waals surface area contributed by atoms with Gasteiger partial charge in [-0.15, -0.1) is 0 Å². The van der Waals surface area contributed by atoms with Gasteiger partial charge in [0.25, 0.3) is 0 Å². The molecule has 0 spiro atoms. The zero-order valence-corrected chi connectivity index (χ0v) is 20.8. The highest BCUT2D eigenvalue weighted by Crippen LogP contribution is 2.50. The van der Waals surface area contributed by atoms with Crippen molar-refractivity contribution in [2.24, 2.45) is 0 Å². The zero-order valence-electron chi connectivity index (χ0n) is 20.8. The number of anilines is 1. The van der Waals surface area contributed by atoms with Crippen LogP contribution < -0.4 is 24.3 Å². The topological polar surface area (TPSA) is 61.8 Å². The Morgan fingerprint density at radius 3 is 2.14 bits per heavy atom. The highest BCUT2D eigenvalue weighted by molar-refractivity contribution is 6.00. The Kier molecular flexibility index (Phi) is 6.12. The van der Waals surface area contributed by atoms with Crippen LogP contribution in [0.4, 0.5) is 5.82 Å². The summed E-state index contributed by atoms with van der Waals surface area (Å²) in [5.74, 6) is 4.01. The lowest BCUT2D eigenvalue weighted by atomic mass is 9.95. The van der Waals surface area contributed by atoms with Crippen LogP contribution >= 0.6 is 0 Å². The molecule has 6 heteroatoms. The van der Waals surface area contributed by atoms with Gasteiger partial charge >= 0.3 is 0 Å². The maximum Gasteiger partial charge on any atom is 0.161 e. The maximum absolute atomic E-state index is 5.59. The number of pyridine rings is 1. The minimum atomic E-state index is 0.207. The lowest BCUT2D eigenvalue weighted by Crippen LogP contribution is -2.08. The van der Waals surface area contributed by atoms with E-state index >= 15 is 0 Å². The standard InChI is InChI=1S/C29H30N2O4/c1-17-21-15-25(34-4)26(35-5)16-22(21)28-27(17)19-8-6-7-9-20(19)29(31-28)30-13-12-18-10-11-23(32-2)24(14-18)33-3/h6-11,14-17H,12-13H2,1-5H3,(H,30,31). The molecular weight excluding hydrogens is 440 g/mol. The first-order valence-electron chi connectivity index (χ1n) is 11.7. The van der Waals surface area contributed by atoms with Crippen molar-refractivity contribution in [2.75, 3.05) is 40.3 Å². The van der Waals surface area contributed by atoms with E-state index < -0.39 is 0 Å². The van der Waals surface area contributed by atoms with Crippen molar-refractivity contribution in [3.8, 4) is 34.3 Å². The summed E-state index contributed by atoms with van der Waals surface area (Å²) in [4.78, 5) is 5.14. The number of rotatable bonds is 8. The van der Waals surface area contributed by atoms with Crippen molar-refractivity contribution >= 4 is 16.6 Å². The summed E-state index contributed by atoms with van der Waals surface area (Å²) in [5.41, 5.74) is 5.71. The summed E-state index contributed by atoms with van der Waals surface area (Å²) < 4.78 is 22.0. The number of methoxy groups -OCH3 is 4. The second-order valence-corrected chi connectivity index (χ2v) is 8.65. The summed E-state index contributed by atoms with van der Waals surface area (Å²) in [5, 5.41) is 5.93. The van der Waals surface area contributed by atoms with Crippen LogP contribution in [0.3, 0.4) is 0 Å². The van der Waals surface area contributed by atoms with Crippen LogP contribution in [0.1, 0.15) is 29.5 Å². The van der Waals surface area contributed by atoms with Crippen molar-refractivity contribution in [1.29, 1.82) is 0 Å².